The van der Waals surface area contributed by atoms with Gasteiger partial charge >= 0.3 is 0 Å². The molecular formula is C17H21FN2O3S. The summed E-state index contributed by atoms with van der Waals surface area (Å²) in [6.45, 7) is 3.08. The molecule has 2 heterocycles. The predicted molar refractivity (Wildman–Crippen MR) is 88.8 cm³/mol. The van der Waals surface area contributed by atoms with Gasteiger partial charge in [0.05, 0.1) is 10.8 Å². The van der Waals surface area contributed by atoms with Crippen LogP contribution in [0.25, 0.3) is 0 Å². The number of carbonyl (C=O) groups excluding carboxylic acids is 2. The Morgan fingerprint density at radius 2 is 2.04 bits per heavy atom. The Hall–Kier alpha value is -1.76. The Balaban J connectivity index is 1.81. The zero-order valence-electron chi connectivity index (χ0n) is 13.7. The lowest BCUT2D eigenvalue weighted by atomic mass is 10.0. The number of piperidine rings is 1. The highest BCUT2D eigenvalue weighted by atomic mass is 32.2. The number of hydrogen-bond donors (Lipinski definition) is 0. The van der Waals surface area contributed by atoms with Crippen LogP contribution in [0.4, 0.5) is 4.39 Å². The molecule has 2 fully saturated rings. The molecule has 1 unspecified atom stereocenters. The minimum absolute atomic E-state index is 0.0110. The van der Waals surface area contributed by atoms with Gasteiger partial charge < -0.3 is 9.80 Å². The van der Waals surface area contributed by atoms with E-state index < -0.39 is 15.7 Å². The van der Waals surface area contributed by atoms with Gasteiger partial charge in [-0.2, -0.15) is 0 Å². The zero-order chi connectivity index (χ0) is 17.3. The van der Waals surface area contributed by atoms with Crippen molar-refractivity contribution < 1.29 is 18.2 Å². The average molecular weight is 352 g/mol. The van der Waals surface area contributed by atoms with E-state index in [1.807, 2.05) is 6.92 Å². The number of nitrogens with zero attached hydrogens (tertiary/aromatic N) is 2. The lowest BCUT2D eigenvalue weighted by Gasteiger charge is -2.43. The number of likely N-dealkylation sites (tertiary alicyclic amines) is 1. The zero-order valence-corrected chi connectivity index (χ0v) is 14.5. The van der Waals surface area contributed by atoms with Crippen molar-refractivity contribution in [3.8, 4) is 0 Å². The van der Waals surface area contributed by atoms with Crippen LogP contribution in [0.3, 0.4) is 0 Å². The summed E-state index contributed by atoms with van der Waals surface area (Å²) in [5.41, 5.74) is 0.689. The van der Waals surface area contributed by atoms with Crippen molar-refractivity contribution >= 4 is 22.6 Å². The fraction of sp³-hybridized carbons (Fsp3) is 0.529. The molecular weight excluding hydrogens is 331 g/mol. The smallest absolute Gasteiger partial charge is 0.236 e. The second-order valence-corrected chi connectivity index (χ2v) is 8.02. The molecule has 24 heavy (non-hydrogen) atoms. The fourth-order valence-electron chi connectivity index (χ4n) is 3.55. The van der Waals surface area contributed by atoms with Crippen LogP contribution in [0.15, 0.2) is 24.3 Å². The molecule has 2 aliphatic rings. The number of carbonyl (C=O) groups is 2. The lowest BCUT2D eigenvalue weighted by molar-refractivity contribution is -0.135. The molecule has 0 saturated carbocycles. The Morgan fingerprint density at radius 3 is 2.67 bits per heavy atom. The molecule has 7 heteroatoms. The van der Waals surface area contributed by atoms with Crippen molar-refractivity contribution in [3.05, 3.63) is 35.6 Å². The van der Waals surface area contributed by atoms with Gasteiger partial charge in [-0.1, -0.05) is 19.1 Å². The monoisotopic (exact) mass is 352 g/mol. The van der Waals surface area contributed by atoms with Crippen molar-refractivity contribution in [2.45, 2.75) is 37.6 Å². The van der Waals surface area contributed by atoms with E-state index in [9.17, 15) is 18.2 Å². The van der Waals surface area contributed by atoms with Crippen molar-refractivity contribution in [2.24, 2.45) is 0 Å². The fourth-order valence-corrected chi connectivity index (χ4v) is 5.25. The third-order valence-corrected chi connectivity index (χ3v) is 6.89. The van der Waals surface area contributed by atoms with Crippen LogP contribution in [-0.2, 0) is 26.9 Å². The Morgan fingerprint density at radius 1 is 1.33 bits per heavy atom. The van der Waals surface area contributed by atoms with E-state index in [4.69, 9.17) is 0 Å². The molecule has 3 rings (SSSR count). The molecule has 5 nitrogen and oxygen atoms in total. The van der Waals surface area contributed by atoms with Crippen LogP contribution < -0.4 is 0 Å². The standard InChI is InChI=1S/C17H21FN2O3S/c1-2-15(21)19-8-6-17(7-9-19)20(16(22)12-24(17)23)11-13-4-3-5-14(18)10-13/h3-5,10H,2,6-9,11-12H2,1H3. The molecule has 0 aromatic heterocycles. The maximum Gasteiger partial charge on any atom is 0.236 e. The van der Waals surface area contributed by atoms with Gasteiger partial charge in [-0.05, 0) is 17.7 Å². The molecule has 1 spiro atoms. The van der Waals surface area contributed by atoms with E-state index in [0.717, 1.165) is 0 Å². The number of hydrogen-bond acceptors (Lipinski definition) is 3. The summed E-state index contributed by atoms with van der Waals surface area (Å²) in [7, 11) is -1.29. The quantitative estimate of drug-likeness (QED) is 0.831. The molecule has 2 amide bonds. The van der Waals surface area contributed by atoms with Crippen molar-refractivity contribution in [1.82, 2.24) is 9.80 Å². The molecule has 1 aromatic rings. The van der Waals surface area contributed by atoms with Gasteiger partial charge in [0.25, 0.3) is 0 Å². The highest BCUT2D eigenvalue weighted by Crippen LogP contribution is 2.38. The molecule has 0 N–H and O–H groups in total. The molecule has 0 aliphatic carbocycles. The molecule has 2 aliphatic heterocycles. The largest absolute Gasteiger partial charge is 0.342 e. The summed E-state index contributed by atoms with van der Waals surface area (Å²) >= 11 is 0. The number of rotatable bonds is 3. The van der Waals surface area contributed by atoms with Gasteiger partial charge in [0, 0.05) is 38.9 Å². The lowest BCUT2D eigenvalue weighted by Crippen LogP contribution is -2.55. The van der Waals surface area contributed by atoms with Gasteiger partial charge in [-0.25, -0.2) is 4.39 Å². The van der Waals surface area contributed by atoms with Crippen molar-refractivity contribution in [1.29, 1.82) is 0 Å². The van der Waals surface area contributed by atoms with Crippen LogP contribution in [0.1, 0.15) is 31.7 Å². The second-order valence-electron chi connectivity index (χ2n) is 6.28. The van der Waals surface area contributed by atoms with E-state index in [0.29, 0.717) is 37.9 Å². The van der Waals surface area contributed by atoms with E-state index in [1.165, 1.54) is 12.1 Å². The van der Waals surface area contributed by atoms with E-state index in [2.05, 4.69) is 0 Å². The Bertz CT molecular complexity index is 686. The Labute approximate surface area is 143 Å². The number of halogens is 1. The van der Waals surface area contributed by atoms with Gasteiger partial charge in [0.15, 0.2) is 0 Å². The third kappa shape index (κ3) is 2.97. The highest BCUT2D eigenvalue weighted by Gasteiger charge is 2.52. The summed E-state index contributed by atoms with van der Waals surface area (Å²) in [4.78, 5) is 26.9. The first-order valence-electron chi connectivity index (χ1n) is 8.17. The van der Waals surface area contributed by atoms with E-state index >= 15 is 0 Å². The van der Waals surface area contributed by atoms with Gasteiger partial charge in [0.2, 0.25) is 11.8 Å². The van der Waals surface area contributed by atoms with E-state index in [1.54, 1.807) is 21.9 Å². The molecule has 0 bridgehead atoms. The van der Waals surface area contributed by atoms with Crippen LogP contribution in [0.2, 0.25) is 0 Å². The first kappa shape index (κ1) is 17.1. The maximum atomic E-state index is 13.4. The second kappa shape index (κ2) is 6.63. The van der Waals surface area contributed by atoms with Crippen LogP contribution in [0.5, 0.6) is 0 Å². The Kier molecular flexibility index (Phi) is 4.71. The third-order valence-electron chi connectivity index (χ3n) is 4.90. The first-order valence-corrected chi connectivity index (χ1v) is 9.49. The average Bonchev–Trinajstić information content (AvgIpc) is 2.79. The molecule has 1 atom stereocenters. The van der Waals surface area contributed by atoms with Crippen molar-refractivity contribution in [3.63, 3.8) is 0 Å². The topological polar surface area (TPSA) is 57.7 Å². The maximum absolute atomic E-state index is 13.4. The highest BCUT2D eigenvalue weighted by molar-refractivity contribution is 7.87. The van der Waals surface area contributed by atoms with Gasteiger partial charge in [-0.15, -0.1) is 0 Å². The SMILES string of the molecule is CCC(=O)N1CCC2(CC1)N(Cc1cccc(F)c1)C(=O)CS2=O. The van der Waals surface area contributed by atoms with Crippen LogP contribution in [0, 0.1) is 5.82 Å². The molecule has 1 aromatic carbocycles. The van der Waals surface area contributed by atoms with Gasteiger partial charge in [-0.3, -0.25) is 13.8 Å². The molecule has 2 saturated heterocycles. The first-order chi connectivity index (χ1) is 11.5. The molecule has 0 radical (unpaired) electrons. The normalized spacial score (nSPS) is 23.1. The van der Waals surface area contributed by atoms with E-state index in [-0.39, 0.29) is 29.9 Å². The van der Waals surface area contributed by atoms with Crippen molar-refractivity contribution in [2.75, 3.05) is 18.8 Å². The minimum Gasteiger partial charge on any atom is -0.342 e. The molecule has 130 valence electrons. The predicted octanol–water partition coefficient (Wildman–Crippen LogP) is 1.65. The summed E-state index contributed by atoms with van der Waals surface area (Å²) in [5.74, 6) is -0.418. The minimum atomic E-state index is -1.29. The number of amides is 2. The number of benzene rings is 1. The van der Waals surface area contributed by atoms with Gasteiger partial charge in [0.1, 0.15) is 16.4 Å². The van der Waals surface area contributed by atoms with Crippen LogP contribution in [-0.4, -0.2) is 49.5 Å². The summed E-state index contributed by atoms with van der Waals surface area (Å²) in [6, 6.07) is 6.13. The summed E-state index contributed by atoms with van der Waals surface area (Å²) < 4.78 is 26.1. The van der Waals surface area contributed by atoms with Crippen LogP contribution >= 0.6 is 0 Å². The summed E-state index contributed by atoms with van der Waals surface area (Å²) in [5, 5.41) is 0. The summed E-state index contributed by atoms with van der Waals surface area (Å²) in [6.07, 6.45) is 1.46.